The highest BCUT2D eigenvalue weighted by molar-refractivity contribution is 8.06. The van der Waals surface area contributed by atoms with Gasteiger partial charge in [-0.1, -0.05) is 31.2 Å². The minimum absolute atomic E-state index is 0.626. The van der Waals surface area contributed by atoms with Gasteiger partial charge in [0.2, 0.25) is 0 Å². The van der Waals surface area contributed by atoms with Gasteiger partial charge in [-0.15, -0.1) is 11.8 Å². The molecule has 0 N–H and O–H groups in total. The van der Waals surface area contributed by atoms with Crippen LogP contribution in [-0.2, 0) is 0 Å². The van der Waals surface area contributed by atoms with Gasteiger partial charge in [0, 0.05) is 5.92 Å². The first-order valence-corrected chi connectivity index (χ1v) is 4.38. The van der Waals surface area contributed by atoms with E-state index < -0.39 is 0 Å². The molecule has 1 aliphatic rings. The number of hydrogen-bond acceptors (Lipinski definition) is 1. The number of hydrogen-bond donors (Lipinski definition) is 0. The predicted molar refractivity (Wildman–Crippen MR) is 48.8 cm³/mol. The fourth-order valence-corrected chi connectivity index (χ4v) is 1.74. The van der Waals surface area contributed by atoms with Crippen molar-refractivity contribution in [3.63, 3.8) is 0 Å². The van der Waals surface area contributed by atoms with Gasteiger partial charge in [-0.25, -0.2) is 0 Å². The summed E-state index contributed by atoms with van der Waals surface area (Å²) >= 11 is 1.82. The van der Waals surface area contributed by atoms with Crippen LogP contribution in [0.2, 0.25) is 0 Å². The molecule has 0 saturated heterocycles. The largest absolute Gasteiger partial charge is 0.102 e. The van der Waals surface area contributed by atoms with Gasteiger partial charge in [0.15, 0.2) is 0 Å². The van der Waals surface area contributed by atoms with Crippen LogP contribution in [-0.4, -0.2) is 0 Å². The molecular formula is C9H12S. The summed E-state index contributed by atoms with van der Waals surface area (Å²) in [5.74, 6) is 0.626. The Labute approximate surface area is 66.7 Å². The molecular weight excluding hydrogens is 140 g/mol. The molecule has 0 amide bonds. The molecule has 0 aliphatic carbocycles. The van der Waals surface area contributed by atoms with E-state index in [-0.39, 0.29) is 0 Å². The third kappa shape index (κ3) is 1.77. The highest BCUT2D eigenvalue weighted by Crippen LogP contribution is 2.33. The Morgan fingerprint density at radius 2 is 2.40 bits per heavy atom. The van der Waals surface area contributed by atoms with Crippen LogP contribution in [0.1, 0.15) is 13.8 Å². The lowest BCUT2D eigenvalue weighted by atomic mass is 10.1. The van der Waals surface area contributed by atoms with Crippen molar-refractivity contribution in [1.82, 2.24) is 0 Å². The number of rotatable bonds is 1. The SMILES string of the molecule is C/C=C\C=C1\SC=CC1C. The molecule has 1 heterocycles. The first kappa shape index (κ1) is 7.67. The van der Waals surface area contributed by atoms with Crippen molar-refractivity contribution < 1.29 is 0 Å². The Morgan fingerprint density at radius 3 is 2.90 bits per heavy atom. The van der Waals surface area contributed by atoms with Gasteiger partial charge in [-0.3, -0.25) is 0 Å². The van der Waals surface area contributed by atoms with Crippen molar-refractivity contribution in [2.45, 2.75) is 13.8 Å². The highest BCUT2D eigenvalue weighted by Gasteiger charge is 2.08. The fourth-order valence-electron chi connectivity index (χ4n) is 0.820. The third-order valence-electron chi connectivity index (χ3n) is 1.47. The summed E-state index contributed by atoms with van der Waals surface area (Å²) in [5.41, 5.74) is 0. The van der Waals surface area contributed by atoms with Gasteiger partial charge < -0.3 is 0 Å². The van der Waals surface area contributed by atoms with E-state index in [9.17, 15) is 0 Å². The Hall–Kier alpha value is -0.430. The first-order chi connectivity index (χ1) is 4.84. The van der Waals surface area contributed by atoms with Gasteiger partial charge in [0.25, 0.3) is 0 Å². The fraction of sp³-hybridized carbons (Fsp3) is 0.333. The molecule has 1 aliphatic heterocycles. The van der Waals surface area contributed by atoms with E-state index in [2.05, 4.69) is 36.6 Å². The van der Waals surface area contributed by atoms with Crippen LogP contribution < -0.4 is 0 Å². The van der Waals surface area contributed by atoms with Crippen molar-refractivity contribution >= 4 is 11.8 Å². The van der Waals surface area contributed by atoms with E-state index in [0.717, 1.165) is 0 Å². The zero-order valence-electron chi connectivity index (χ0n) is 6.37. The quantitative estimate of drug-likeness (QED) is 0.555. The van der Waals surface area contributed by atoms with Crippen LogP contribution >= 0.6 is 11.8 Å². The van der Waals surface area contributed by atoms with Gasteiger partial charge in [0.05, 0.1) is 0 Å². The summed E-state index contributed by atoms with van der Waals surface area (Å²) < 4.78 is 0. The van der Waals surface area contributed by atoms with E-state index in [1.807, 2.05) is 18.7 Å². The maximum atomic E-state index is 2.22. The van der Waals surface area contributed by atoms with E-state index >= 15 is 0 Å². The molecule has 0 radical (unpaired) electrons. The van der Waals surface area contributed by atoms with Crippen LogP contribution in [0.3, 0.4) is 0 Å². The standard InChI is InChI=1S/C9H12S/c1-3-4-5-9-8(2)6-7-10-9/h3-8H,1-2H3/b4-3-,9-5+. The summed E-state index contributed by atoms with van der Waals surface area (Å²) in [4.78, 5) is 1.44. The average Bonchev–Trinajstić information content (AvgIpc) is 2.31. The van der Waals surface area contributed by atoms with E-state index in [1.165, 1.54) is 4.91 Å². The van der Waals surface area contributed by atoms with E-state index in [4.69, 9.17) is 0 Å². The molecule has 1 unspecified atom stereocenters. The maximum absolute atomic E-state index is 2.22. The summed E-state index contributed by atoms with van der Waals surface area (Å²) in [7, 11) is 0. The summed E-state index contributed by atoms with van der Waals surface area (Å²) in [5, 5.41) is 2.15. The highest BCUT2D eigenvalue weighted by atomic mass is 32.2. The molecule has 0 aromatic heterocycles. The average molecular weight is 152 g/mol. The molecule has 1 atom stereocenters. The van der Waals surface area contributed by atoms with Gasteiger partial charge in [0.1, 0.15) is 0 Å². The second-order valence-corrected chi connectivity index (χ2v) is 3.31. The number of thioether (sulfide) groups is 1. The van der Waals surface area contributed by atoms with Crippen molar-refractivity contribution in [3.05, 3.63) is 34.6 Å². The van der Waals surface area contributed by atoms with Gasteiger partial charge in [-0.2, -0.15) is 0 Å². The Bertz CT molecular complexity index is 187. The molecule has 0 saturated carbocycles. The lowest BCUT2D eigenvalue weighted by molar-refractivity contribution is 0.935. The Kier molecular flexibility index (Phi) is 2.82. The van der Waals surface area contributed by atoms with Crippen molar-refractivity contribution in [1.29, 1.82) is 0 Å². The van der Waals surface area contributed by atoms with Crippen molar-refractivity contribution in [2.75, 3.05) is 0 Å². The lowest BCUT2D eigenvalue weighted by Crippen LogP contribution is -1.83. The van der Waals surface area contributed by atoms with Crippen LogP contribution in [0.25, 0.3) is 0 Å². The minimum Gasteiger partial charge on any atom is -0.102 e. The van der Waals surface area contributed by atoms with Gasteiger partial charge in [-0.05, 0) is 17.2 Å². The van der Waals surface area contributed by atoms with Crippen LogP contribution in [0.4, 0.5) is 0 Å². The van der Waals surface area contributed by atoms with Crippen molar-refractivity contribution in [2.24, 2.45) is 5.92 Å². The zero-order chi connectivity index (χ0) is 7.40. The molecule has 0 spiro atoms. The lowest BCUT2D eigenvalue weighted by Gasteiger charge is -1.99. The summed E-state index contributed by atoms with van der Waals surface area (Å²) in [6.45, 7) is 4.25. The monoisotopic (exact) mass is 152 g/mol. The van der Waals surface area contributed by atoms with Crippen LogP contribution in [0.15, 0.2) is 34.6 Å². The van der Waals surface area contributed by atoms with E-state index in [0.29, 0.717) is 5.92 Å². The maximum Gasteiger partial charge on any atom is 0.00611 e. The molecule has 1 heteroatoms. The molecule has 1 rings (SSSR count). The van der Waals surface area contributed by atoms with Crippen LogP contribution in [0.5, 0.6) is 0 Å². The predicted octanol–water partition coefficient (Wildman–Crippen LogP) is 3.34. The minimum atomic E-state index is 0.626. The van der Waals surface area contributed by atoms with Crippen molar-refractivity contribution in [3.8, 4) is 0 Å². The Balaban J connectivity index is 2.58. The molecule has 10 heavy (non-hydrogen) atoms. The first-order valence-electron chi connectivity index (χ1n) is 3.51. The number of allylic oxidation sites excluding steroid dienone is 5. The second kappa shape index (κ2) is 3.67. The summed E-state index contributed by atoms with van der Waals surface area (Å²) in [6, 6.07) is 0. The molecule has 54 valence electrons. The van der Waals surface area contributed by atoms with E-state index in [1.54, 1.807) is 0 Å². The normalized spacial score (nSPS) is 29.0. The molecule has 0 fully saturated rings. The van der Waals surface area contributed by atoms with Crippen LogP contribution in [0, 0.1) is 5.92 Å². The van der Waals surface area contributed by atoms with Gasteiger partial charge >= 0.3 is 0 Å². The third-order valence-corrected chi connectivity index (χ3v) is 2.55. The Morgan fingerprint density at radius 1 is 1.60 bits per heavy atom. The molecule has 0 bridgehead atoms. The summed E-state index contributed by atoms with van der Waals surface area (Å²) in [6.07, 6.45) is 8.54. The topological polar surface area (TPSA) is 0 Å². The zero-order valence-corrected chi connectivity index (χ0v) is 7.19. The second-order valence-electron chi connectivity index (χ2n) is 2.33. The smallest absolute Gasteiger partial charge is 0.00611 e. The molecule has 0 nitrogen and oxygen atoms in total. The molecule has 0 aromatic rings. The molecule has 0 aromatic carbocycles.